The lowest BCUT2D eigenvalue weighted by Gasteiger charge is -2.39. The van der Waals surface area contributed by atoms with Crippen LogP contribution in [0.5, 0.6) is 5.75 Å². The Morgan fingerprint density at radius 2 is 1.90 bits per heavy atom. The maximum absolute atomic E-state index is 6.09. The standard InChI is InChI=1S/C18H29NO/c1-13(2)10-11-14(3)19-16-12-18(4,5)20-17-9-7-6-8-15(16)17/h6-9,13-14,16,19H,10-12H2,1-5H3. The summed E-state index contributed by atoms with van der Waals surface area (Å²) >= 11 is 0. The van der Waals surface area contributed by atoms with Gasteiger partial charge in [-0.25, -0.2) is 0 Å². The monoisotopic (exact) mass is 275 g/mol. The molecule has 2 rings (SSSR count). The molecular weight excluding hydrogens is 246 g/mol. The Kier molecular flexibility index (Phi) is 4.74. The second kappa shape index (κ2) is 6.17. The van der Waals surface area contributed by atoms with Crippen molar-refractivity contribution in [2.75, 3.05) is 0 Å². The zero-order valence-corrected chi connectivity index (χ0v) is 13.6. The summed E-state index contributed by atoms with van der Waals surface area (Å²) in [6.45, 7) is 11.2. The molecule has 1 aromatic carbocycles. The van der Waals surface area contributed by atoms with E-state index in [1.807, 2.05) is 0 Å². The van der Waals surface area contributed by atoms with E-state index in [9.17, 15) is 0 Å². The Balaban J connectivity index is 2.07. The van der Waals surface area contributed by atoms with Gasteiger partial charge < -0.3 is 10.1 Å². The first kappa shape index (κ1) is 15.4. The van der Waals surface area contributed by atoms with Crippen molar-refractivity contribution in [2.24, 2.45) is 5.92 Å². The summed E-state index contributed by atoms with van der Waals surface area (Å²) in [4.78, 5) is 0. The highest BCUT2D eigenvalue weighted by Crippen LogP contribution is 2.39. The van der Waals surface area contributed by atoms with E-state index in [-0.39, 0.29) is 5.60 Å². The van der Waals surface area contributed by atoms with Crippen LogP contribution in [0.1, 0.15) is 65.5 Å². The van der Waals surface area contributed by atoms with Gasteiger partial charge in [0.25, 0.3) is 0 Å². The van der Waals surface area contributed by atoms with Gasteiger partial charge in [0.15, 0.2) is 0 Å². The largest absolute Gasteiger partial charge is 0.487 e. The van der Waals surface area contributed by atoms with E-state index in [0.29, 0.717) is 12.1 Å². The summed E-state index contributed by atoms with van der Waals surface area (Å²) in [7, 11) is 0. The van der Waals surface area contributed by atoms with Crippen LogP contribution >= 0.6 is 0 Å². The molecule has 2 heteroatoms. The van der Waals surface area contributed by atoms with Crippen molar-refractivity contribution < 1.29 is 4.74 Å². The predicted molar refractivity (Wildman–Crippen MR) is 85.2 cm³/mol. The van der Waals surface area contributed by atoms with Gasteiger partial charge in [0.2, 0.25) is 0 Å². The molecule has 1 aliphatic rings. The van der Waals surface area contributed by atoms with Crippen LogP contribution in [0.15, 0.2) is 24.3 Å². The molecule has 0 radical (unpaired) electrons. The molecule has 0 saturated carbocycles. The molecular formula is C18H29NO. The molecule has 1 aromatic rings. The highest BCUT2D eigenvalue weighted by molar-refractivity contribution is 5.38. The number of ether oxygens (including phenoxy) is 1. The van der Waals surface area contributed by atoms with Crippen molar-refractivity contribution >= 4 is 0 Å². The average Bonchev–Trinajstić information content (AvgIpc) is 2.35. The van der Waals surface area contributed by atoms with Crippen LogP contribution in [0.2, 0.25) is 0 Å². The fraction of sp³-hybridized carbons (Fsp3) is 0.667. The number of benzene rings is 1. The van der Waals surface area contributed by atoms with Crippen LogP contribution in [0.4, 0.5) is 0 Å². The lowest BCUT2D eigenvalue weighted by molar-refractivity contribution is 0.0637. The third-order valence-electron chi connectivity index (χ3n) is 4.04. The zero-order valence-electron chi connectivity index (χ0n) is 13.6. The molecule has 0 spiro atoms. The molecule has 1 N–H and O–H groups in total. The third kappa shape index (κ3) is 3.99. The topological polar surface area (TPSA) is 21.3 Å². The van der Waals surface area contributed by atoms with Crippen LogP contribution in [0, 0.1) is 5.92 Å². The molecule has 2 nitrogen and oxygen atoms in total. The van der Waals surface area contributed by atoms with Crippen LogP contribution in [0.25, 0.3) is 0 Å². The molecule has 0 saturated heterocycles. The van der Waals surface area contributed by atoms with Crippen molar-refractivity contribution in [2.45, 2.75) is 71.6 Å². The molecule has 0 aromatic heterocycles. The first-order valence-corrected chi connectivity index (χ1v) is 7.91. The van der Waals surface area contributed by atoms with Gasteiger partial charge in [-0.05, 0) is 45.6 Å². The van der Waals surface area contributed by atoms with Crippen LogP contribution in [0.3, 0.4) is 0 Å². The van der Waals surface area contributed by atoms with E-state index in [1.54, 1.807) is 0 Å². The van der Waals surface area contributed by atoms with Gasteiger partial charge in [-0.1, -0.05) is 32.0 Å². The molecule has 112 valence electrons. The van der Waals surface area contributed by atoms with Crippen LogP contribution < -0.4 is 10.1 Å². The lowest BCUT2D eigenvalue weighted by atomic mass is 9.89. The van der Waals surface area contributed by atoms with E-state index < -0.39 is 0 Å². The van der Waals surface area contributed by atoms with Gasteiger partial charge in [-0.2, -0.15) is 0 Å². The van der Waals surface area contributed by atoms with Crippen molar-refractivity contribution in [1.82, 2.24) is 5.32 Å². The second-order valence-electron chi connectivity index (χ2n) is 7.20. The first-order chi connectivity index (χ1) is 9.37. The Labute approximate surface area is 123 Å². The van der Waals surface area contributed by atoms with Crippen molar-refractivity contribution in [1.29, 1.82) is 0 Å². The number of hydrogen-bond donors (Lipinski definition) is 1. The molecule has 1 aliphatic heterocycles. The van der Waals surface area contributed by atoms with Gasteiger partial charge in [0.1, 0.15) is 11.4 Å². The summed E-state index contributed by atoms with van der Waals surface area (Å²) < 4.78 is 6.09. The molecule has 2 atom stereocenters. The van der Waals surface area contributed by atoms with Crippen molar-refractivity contribution in [3.05, 3.63) is 29.8 Å². The highest BCUT2D eigenvalue weighted by Gasteiger charge is 2.33. The van der Waals surface area contributed by atoms with Gasteiger partial charge in [0, 0.05) is 24.1 Å². The minimum absolute atomic E-state index is 0.0935. The molecule has 0 aliphatic carbocycles. The summed E-state index contributed by atoms with van der Waals surface area (Å²) in [5.74, 6) is 1.81. The van der Waals surface area contributed by atoms with E-state index >= 15 is 0 Å². The quantitative estimate of drug-likeness (QED) is 0.840. The SMILES string of the molecule is CC(C)CCC(C)NC1CC(C)(C)Oc2ccccc21. The molecule has 0 bridgehead atoms. The highest BCUT2D eigenvalue weighted by atomic mass is 16.5. The smallest absolute Gasteiger partial charge is 0.124 e. The molecule has 20 heavy (non-hydrogen) atoms. The summed E-state index contributed by atoms with van der Waals surface area (Å²) in [6.07, 6.45) is 3.54. The molecule has 1 heterocycles. The number of para-hydroxylation sites is 1. The van der Waals surface area contributed by atoms with Crippen molar-refractivity contribution in [3.8, 4) is 5.75 Å². The van der Waals surface area contributed by atoms with Gasteiger partial charge in [-0.3, -0.25) is 0 Å². The summed E-state index contributed by atoms with van der Waals surface area (Å²) in [5, 5.41) is 3.81. The number of nitrogens with one attached hydrogen (secondary N) is 1. The van der Waals surface area contributed by atoms with Crippen LogP contribution in [-0.4, -0.2) is 11.6 Å². The lowest BCUT2D eigenvalue weighted by Crippen LogP contribution is -2.42. The van der Waals surface area contributed by atoms with E-state index in [0.717, 1.165) is 18.1 Å². The number of hydrogen-bond acceptors (Lipinski definition) is 2. The van der Waals surface area contributed by atoms with E-state index in [1.165, 1.54) is 18.4 Å². The fourth-order valence-corrected chi connectivity index (χ4v) is 2.96. The van der Waals surface area contributed by atoms with E-state index in [4.69, 9.17) is 4.74 Å². The third-order valence-corrected chi connectivity index (χ3v) is 4.04. The summed E-state index contributed by atoms with van der Waals surface area (Å²) in [6, 6.07) is 9.38. The van der Waals surface area contributed by atoms with Crippen molar-refractivity contribution in [3.63, 3.8) is 0 Å². The molecule has 0 amide bonds. The molecule has 2 unspecified atom stereocenters. The Hall–Kier alpha value is -1.02. The Morgan fingerprint density at radius 3 is 2.60 bits per heavy atom. The normalized spacial score (nSPS) is 22.2. The first-order valence-electron chi connectivity index (χ1n) is 7.91. The maximum atomic E-state index is 6.09. The van der Waals surface area contributed by atoms with Gasteiger partial charge >= 0.3 is 0 Å². The second-order valence-corrected chi connectivity index (χ2v) is 7.20. The van der Waals surface area contributed by atoms with Gasteiger partial charge in [0.05, 0.1) is 0 Å². The minimum atomic E-state index is -0.0935. The van der Waals surface area contributed by atoms with E-state index in [2.05, 4.69) is 64.2 Å². The maximum Gasteiger partial charge on any atom is 0.124 e. The average molecular weight is 275 g/mol. The van der Waals surface area contributed by atoms with Crippen LogP contribution in [-0.2, 0) is 0 Å². The summed E-state index contributed by atoms with van der Waals surface area (Å²) in [5.41, 5.74) is 1.22. The zero-order chi connectivity index (χ0) is 14.8. The number of fused-ring (bicyclic) bond motifs is 1. The van der Waals surface area contributed by atoms with Gasteiger partial charge in [-0.15, -0.1) is 0 Å². The fourth-order valence-electron chi connectivity index (χ4n) is 2.96. The predicted octanol–water partition coefficient (Wildman–Crippen LogP) is 4.70. The minimum Gasteiger partial charge on any atom is -0.487 e. The Bertz CT molecular complexity index is 439. The number of rotatable bonds is 5. The molecule has 0 fully saturated rings. The Morgan fingerprint density at radius 1 is 1.20 bits per heavy atom.